The molecule has 5 nitrogen and oxygen atoms in total. The van der Waals surface area contributed by atoms with Crippen LogP contribution in [0.15, 0.2) is 48.5 Å². The zero-order chi connectivity index (χ0) is 20.6. The summed E-state index contributed by atoms with van der Waals surface area (Å²) in [4.78, 5) is 12.2. The van der Waals surface area contributed by atoms with Crippen LogP contribution in [0.5, 0.6) is 0 Å². The summed E-state index contributed by atoms with van der Waals surface area (Å²) in [5.74, 6) is 1.27. The smallest absolute Gasteiger partial charge is 0.235 e. The molecule has 0 unspecified atom stereocenters. The normalized spacial score (nSPS) is 11.6. The van der Waals surface area contributed by atoms with E-state index in [4.69, 9.17) is 11.6 Å². The van der Waals surface area contributed by atoms with Crippen molar-refractivity contribution < 1.29 is 13.2 Å². The van der Waals surface area contributed by atoms with Gasteiger partial charge in [0.2, 0.25) is 15.9 Å². The molecule has 0 saturated carbocycles. The highest BCUT2D eigenvalue weighted by molar-refractivity contribution is 7.98. The summed E-state index contributed by atoms with van der Waals surface area (Å²) in [7, 11) is -3.49. The van der Waals surface area contributed by atoms with Crippen LogP contribution in [0.1, 0.15) is 16.7 Å². The molecule has 0 bridgehead atoms. The summed E-state index contributed by atoms with van der Waals surface area (Å²) in [6.45, 7) is 2.45. The molecule has 2 aromatic carbocycles. The molecular formula is C20H25ClN2O3S2. The van der Waals surface area contributed by atoms with Gasteiger partial charge >= 0.3 is 0 Å². The molecule has 0 aliphatic carbocycles. The van der Waals surface area contributed by atoms with Gasteiger partial charge in [-0.05, 0) is 30.2 Å². The first-order chi connectivity index (χ1) is 13.2. The fourth-order valence-corrected chi connectivity index (χ4v) is 4.12. The molecule has 2 rings (SSSR count). The van der Waals surface area contributed by atoms with Crippen molar-refractivity contribution in [3.05, 3.63) is 70.2 Å². The van der Waals surface area contributed by atoms with Crippen LogP contribution < -0.4 is 5.32 Å². The first kappa shape index (κ1) is 22.7. The van der Waals surface area contributed by atoms with Crippen molar-refractivity contribution in [2.75, 3.05) is 25.1 Å². The van der Waals surface area contributed by atoms with Crippen LogP contribution in [0.2, 0.25) is 5.02 Å². The molecule has 0 saturated heterocycles. The van der Waals surface area contributed by atoms with E-state index in [1.807, 2.05) is 55.5 Å². The van der Waals surface area contributed by atoms with Crippen LogP contribution in [-0.2, 0) is 27.1 Å². The minimum Gasteiger partial charge on any atom is -0.354 e. The third-order valence-corrected chi connectivity index (χ3v) is 6.50. The van der Waals surface area contributed by atoms with E-state index in [-0.39, 0.29) is 19.0 Å². The Balaban J connectivity index is 1.76. The van der Waals surface area contributed by atoms with Gasteiger partial charge in [-0.3, -0.25) is 4.79 Å². The van der Waals surface area contributed by atoms with E-state index in [1.54, 1.807) is 11.8 Å². The number of halogens is 1. The molecule has 0 heterocycles. The van der Waals surface area contributed by atoms with E-state index >= 15 is 0 Å². The molecule has 0 atom stereocenters. The number of thioether (sulfide) groups is 1. The third-order valence-electron chi connectivity index (χ3n) is 4.02. The molecule has 0 radical (unpaired) electrons. The Labute approximate surface area is 176 Å². The highest BCUT2D eigenvalue weighted by Gasteiger charge is 2.20. The second-order valence-electron chi connectivity index (χ2n) is 6.55. The van der Waals surface area contributed by atoms with Gasteiger partial charge in [-0.1, -0.05) is 53.6 Å². The van der Waals surface area contributed by atoms with Crippen LogP contribution in [-0.4, -0.2) is 43.7 Å². The highest BCUT2D eigenvalue weighted by atomic mass is 35.5. The lowest BCUT2D eigenvalue weighted by Crippen LogP contribution is -2.40. The van der Waals surface area contributed by atoms with Gasteiger partial charge in [-0.2, -0.15) is 16.1 Å². The molecule has 2 aromatic rings. The average molecular weight is 441 g/mol. The molecule has 1 N–H and O–H groups in total. The number of rotatable bonds is 10. The fourth-order valence-electron chi connectivity index (χ4n) is 2.44. The Morgan fingerprint density at radius 2 is 1.68 bits per heavy atom. The van der Waals surface area contributed by atoms with Crippen molar-refractivity contribution in [1.82, 2.24) is 9.62 Å². The number of benzene rings is 2. The van der Waals surface area contributed by atoms with E-state index in [9.17, 15) is 13.2 Å². The van der Waals surface area contributed by atoms with E-state index in [1.165, 1.54) is 9.87 Å². The molecule has 152 valence electrons. The third kappa shape index (κ3) is 8.22. The fraction of sp³-hybridized carbons (Fsp3) is 0.350. The van der Waals surface area contributed by atoms with Crippen LogP contribution in [0.3, 0.4) is 0 Å². The summed E-state index contributed by atoms with van der Waals surface area (Å²) in [5.41, 5.74) is 3.12. The van der Waals surface area contributed by atoms with Crippen LogP contribution >= 0.6 is 23.4 Å². The Kier molecular flexibility index (Phi) is 8.82. The summed E-state index contributed by atoms with van der Waals surface area (Å²) < 4.78 is 25.2. The number of aryl methyl sites for hydroxylation is 1. The van der Waals surface area contributed by atoms with Crippen LogP contribution in [0.25, 0.3) is 0 Å². The summed E-state index contributed by atoms with van der Waals surface area (Å²) >= 11 is 7.55. The lowest BCUT2D eigenvalue weighted by atomic mass is 10.1. The van der Waals surface area contributed by atoms with Crippen LogP contribution in [0, 0.1) is 6.92 Å². The van der Waals surface area contributed by atoms with Crippen molar-refractivity contribution in [2.24, 2.45) is 0 Å². The molecule has 0 fully saturated rings. The number of sulfonamides is 1. The van der Waals surface area contributed by atoms with E-state index in [0.29, 0.717) is 11.6 Å². The Hall–Kier alpha value is -1.54. The largest absolute Gasteiger partial charge is 0.354 e. The van der Waals surface area contributed by atoms with E-state index in [2.05, 4.69) is 5.32 Å². The van der Waals surface area contributed by atoms with Gasteiger partial charge < -0.3 is 5.32 Å². The van der Waals surface area contributed by atoms with E-state index < -0.39 is 10.0 Å². The standard InChI is InChI=1S/C20H25ClN2O3S2/c1-16-3-5-17(6-4-16)13-23(28(2,25)26)14-20(24)22-11-12-27-15-18-7-9-19(21)10-8-18/h3-10H,11-15H2,1-2H3,(H,22,24). The molecule has 0 aliphatic heterocycles. The average Bonchev–Trinajstić information content (AvgIpc) is 2.63. The van der Waals surface area contributed by atoms with Gasteiger partial charge in [0.1, 0.15) is 0 Å². The number of nitrogens with zero attached hydrogens (tertiary/aromatic N) is 1. The quantitative estimate of drug-likeness (QED) is 0.574. The number of nitrogens with one attached hydrogen (secondary N) is 1. The maximum absolute atomic E-state index is 12.2. The molecular weight excluding hydrogens is 416 g/mol. The summed E-state index contributed by atoms with van der Waals surface area (Å²) in [5, 5.41) is 3.50. The number of carbonyl (C=O) groups excluding carboxylic acids is 1. The Morgan fingerprint density at radius 1 is 1.07 bits per heavy atom. The molecule has 1 amide bonds. The van der Waals surface area contributed by atoms with Crippen LogP contribution in [0.4, 0.5) is 0 Å². The topological polar surface area (TPSA) is 66.5 Å². The van der Waals surface area contributed by atoms with Gasteiger partial charge in [0.15, 0.2) is 0 Å². The number of hydrogen-bond acceptors (Lipinski definition) is 4. The maximum atomic E-state index is 12.2. The van der Waals surface area contributed by atoms with Gasteiger partial charge in [0.05, 0.1) is 12.8 Å². The second-order valence-corrected chi connectivity index (χ2v) is 10.1. The monoisotopic (exact) mass is 440 g/mol. The first-order valence-corrected chi connectivity index (χ1v) is 12.2. The van der Waals surface area contributed by atoms with Crippen molar-refractivity contribution in [3.8, 4) is 0 Å². The maximum Gasteiger partial charge on any atom is 0.235 e. The summed E-state index contributed by atoms with van der Waals surface area (Å²) in [6.07, 6.45) is 1.12. The minimum atomic E-state index is -3.49. The van der Waals surface area contributed by atoms with Crippen molar-refractivity contribution in [3.63, 3.8) is 0 Å². The Morgan fingerprint density at radius 3 is 2.29 bits per heavy atom. The zero-order valence-electron chi connectivity index (χ0n) is 16.0. The van der Waals surface area contributed by atoms with Gasteiger partial charge in [0.25, 0.3) is 0 Å². The van der Waals surface area contributed by atoms with Gasteiger partial charge in [0, 0.05) is 29.6 Å². The molecule has 0 aromatic heterocycles. The van der Waals surface area contributed by atoms with Crippen molar-refractivity contribution in [2.45, 2.75) is 19.2 Å². The highest BCUT2D eigenvalue weighted by Crippen LogP contribution is 2.15. The van der Waals surface area contributed by atoms with Crippen molar-refractivity contribution >= 4 is 39.3 Å². The van der Waals surface area contributed by atoms with Crippen molar-refractivity contribution in [1.29, 1.82) is 0 Å². The first-order valence-electron chi connectivity index (χ1n) is 8.83. The molecule has 28 heavy (non-hydrogen) atoms. The summed E-state index contributed by atoms with van der Waals surface area (Å²) in [6, 6.07) is 15.3. The SMILES string of the molecule is Cc1ccc(CN(CC(=O)NCCSCc2ccc(Cl)cc2)S(C)(=O)=O)cc1. The Bertz CT molecular complexity index is 869. The van der Waals surface area contributed by atoms with Gasteiger partial charge in [-0.15, -0.1) is 0 Å². The predicted molar refractivity (Wildman–Crippen MR) is 117 cm³/mol. The lowest BCUT2D eigenvalue weighted by Gasteiger charge is -2.19. The minimum absolute atomic E-state index is 0.178. The lowest BCUT2D eigenvalue weighted by molar-refractivity contribution is -0.121. The number of amides is 1. The number of carbonyl (C=O) groups is 1. The molecule has 0 aliphatic rings. The molecule has 0 spiro atoms. The van der Waals surface area contributed by atoms with Gasteiger partial charge in [-0.25, -0.2) is 8.42 Å². The predicted octanol–water partition coefficient (Wildman–Crippen LogP) is 3.46. The number of hydrogen-bond donors (Lipinski definition) is 1. The second kappa shape index (κ2) is 10.9. The molecule has 8 heteroatoms. The zero-order valence-corrected chi connectivity index (χ0v) is 18.4. The van der Waals surface area contributed by atoms with E-state index in [0.717, 1.165) is 28.9 Å².